The first-order valence-electron chi connectivity index (χ1n) is 9.15. The predicted molar refractivity (Wildman–Crippen MR) is 116 cm³/mol. The van der Waals surface area contributed by atoms with E-state index >= 15 is 0 Å². The summed E-state index contributed by atoms with van der Waals surface area (Å²) in [6.07, 6.45) is 1.99. The van der Waals surface area contributed by atoms with Crippen molar-refractivity contribution in [2.24, 2.45) is 0 Å². The number of amides is 3. The smallest absolute Gasteiger partial charge is 0.262 e. The second kappa shape index (κ2) is 8.73. The van der Waals surface area contributed by atoms with Crippen molar-refractivity contribution in [3.63, 3.8) is 0 Å². The molecule has 1 aromatic heterocycles. The number of hydrogen-bond acceptors (Lipinski definition) is 4. The molecule has 1 saturated heterocycles. The molecule has 6 nitrogen and oxygen atoms in total. The van der Waals surface area contributed by atoms with Crippen molar-refractivity contribution in [1.29, 1.82) is 0 Å². The first-order valence-corrected chi connectivity index (χ1v) is 10.7. The second-order valence-corrected chi connectivity index (χ2v) is 9.45. The molecule has 3 rings (SSSR count). The lowest BCUT2D eigenvalue weighted by atomic mass is 10.0. The molecule has 0 bridgehead atoms. The SMILES string of the molecule is CC(C)(NC(=O)c1ccc(Cl)s1)C(=O)Nc1ccc(C(=O)N2CCCC2)c(Cl)c1. The van der Waals surface area contributed by atoms with Crippen molar-refractivity contribution in [3.8, 4) is 0 Å². The van der Waals surface area contributed by atoms with Crippen LogP contribution in [0.15, 0.2) is 30.3 Å². The van der Waals surface area contributed by atoms with Gasteiger partial charge in [-0.05, 0) is 57.0 Å². The molecule has 0 unspecified atom stereocenters. The van der Waals surface area contributed by atoms with E-state index in [4.69, 9.17) is 23.2 Å². The third-order valence-corrected chi connectivity index (χ3v) is 6.18. The molecule has 3 amide bonds. The predicted octanol–water partition coefficient (Wildman–Crippen LogP) is 4.44. The van der Waals surface area contributed by atoms with Gasteiger partial charge in [0.25, 0.3) is 11.8 Å². The third kappa shape index (κ3) is 5.10. The zero-order chi connectivity index (χ0) is 21.2. The Morgan fingerprint density at radius 1 is 1.07 bits per heavy atom. The Balaban J connectivity index is 1.66. The fourth-order valence-corrected chi connectivity index (χ4v) is 4.18. The Kier molecular flexibility index (Phi) is 6.51. The summed E-state index contributed by atoms with van der Waals surface area (Å²) >= 11 is 13.3. The fourth-order valence-electron chi connectivity index (χ4n) is 2.98. The number of rotatable bonds is 5. The van der Waals surface area contributed by atoms with Crippen LogP contribution in [-0.2, 0) is 4.79 Å². The van der Waals surface area contributed by atoms with E-state index in [0.29, 0.717) is 20.5 Å². The molecule has 9 heteroatoms. The summed E-state index contributed by atoms with van der Waals surface area (Å²) in [5, 5.41) is 5.70. The van der Waals surface area contributed by atoms with Gasteiger partial charge in [-0.15, -0.1) is 11.3 Å². The molecule has 29 heavy (non-hydrogen) atoms. The van der Waals surface area contributed by atoms with Crippen LogP contribution in [0.5, 0.6) is 0 Å². The van der Waals surface area contributed by atoms with Crippen LogP contribution in [-0.4, -0.2) is 41.2 Å². The van der Waals surface area contributed by atoms with Crippen LogP contribution >= 0.6 is 34.5 Å². The molecule has 0 spiro atoms. The van der Waals surface area contributed by atoms with Gasteiger partial charge in [-0.25, -0.2) is 0 Å². The molecule has 0 saturated carbocycles. The first kappa shape index (κ1) is 21.6. The Bertz CT molecular complexity index is 952. The first-order chi connectivity index (χ1) is 13.7. The fraction of sp³-hybridized carbons (Fsp3) is 0.350. The molecule has 0 atom stereocenters. The monoisotopic (exact) mass is 453 g/mol. The number of thiophene rings is 1. The highest BCUT2D eigenvalue weighted by molar-refractivity contribution is 7.18. The summed E-state index contributed by atoms with van der Waals surface area (Å²) in [5.74, 6) is -0.901. The highest BCUT2D eigenvalue weighted by Crippen LogP contribution is 2.25. The van der Waals surface area contributed by atoms with Crippen LogP contribution in [0.1, 0.15) is 46.7 Å². The van der Waals surface area contributed by atoms with E-state index in [0.717, 1.165) is 37.3 Å². The molecule has 2 N–H and O–H groups in total. The van der Waals surface area contributed by atoms with Gasteiger partial charge in [0, 0.05) is 18.8 Å². The molecular weight excluding hydrogens is 433 g/mol. The molecule has 2 aromatic rings. The number of anilines is 1. The van der Waals surface area contributed by atoms with Gasteiger partial charge in [-0.2, -0.15) is 0 Å². The average Bonchev–Trinajstić information content (AvgIpc) is 3.32. The van der Waals surface area contributed by atoms with Gasteiger partial charge in [-0.1, -0.05) is 23.2 Å². The summed E-state index contributed by atoms with van der Waals surface area (Å²) in [7, 11) is 0. The maximum absolute atomic E-state index is 12.7. The number of benzene rings is 1. The van der Waals surface area contributed by atoms with Crippen molar-refractivity contribution in [3.05, 3.63) is 50.1 Å². The lowest BCUT2D eigenvalue weighted by Crippen LogP contribution is -2.52. The van der Waals surface area contributed by atoms with Crippen LogP contribution in [0, 0.1) is 0 Å². The number of hydrogen-bond donors (Lipinski definition) is 2. The van der Waals surface area contributed by atoms with E-state index in [1.807, 2.05) is 0 Å². The van der Waals surface area contributed by atoms with E-state index in [2.05, 4.69) is 10.6 Å². The number of nitrogens with one attached hydrogen (secondary N) is 2. The summed E-state index contributed by atoms with van der Waals surface area (Å²) in [4.78, 5) is 39.7. The zero-order valence-electron chi connectivity index (χ0n) is 16.1. The minimum atomic E-state index is -1.18. The van der Waals surface area contributed by atoms with Crippen molar-refractivity contribution in [2.45, 2.75) is 32.2 Å². The van der Waals surface area contributed by atoms with Crippen LogP contribution in [0.25, 0.3) is 0 Å². The summed E-state index contributed by atoms with van der Waals surface area (Å²) < 4.78 is 0.496. The number of nitrogens with zero attached hydrogens (tertiary/aromatic N) is 1. The molecule has 1 aliphatic rings. The Morgan fingerprint density at radius 2 is 1.76 bits per heavy atom. The van der Waals surface area contributed by atoms with Gasteiger partial charge in [0.1, 0.15) is 5.54 Å². The Hall–Kier alpha value is -2.09. The minimum Gasteiger partial charge on any atom is -0.339 e. The third-order valence-electron chi connectivity index (χ3n) is 4.64. The van der Waals surface area contributed by atoms with Crippen molar-refractivity contribution >= 4 is 57.9 Å². The minimum absolute atomic E-state index is 0.104. The normalized spacial score (nSPS) is 14.0. The largest absolute Gasteiger partial charge is 0.339 e. The number of halogens is 2. The lowest BCUT2D eigenvalue weighted by molar-refractivity contribution is -0.120. The zero-order valence-corrected chi connectivity index (χ0v) is 18.4. The molecule has 1 fully saturated rings. The number of carbonyl (C=O) groups is 3. The van der Waals surface area contributed by atoms with Crippen LogP contribution in [0.2, 0.25) is 9.36 Å². The number of likely N-dealkylation sites (tertiary alicyclic amines) is 1. The standard InChI is InChI=1S/C20H21Cl2N3O3S/c1-20(2,24-17(26)15-7-8-16(22)29-15)19(28)23-12-5-6-13(14(21)11-12)18(27)25-9-3-4-10-25/h5-8,11H,3-4,9-10H2,1-2H3,(H,23,28)(H,24,26). The highest BCUT2D eigenvalue weighted by Gasteiger charge is 2.31. The molecule has 2 heterocycles. The summed E-state index contributed by atoms with van der Waals surface area (Å²) in [5.41, 5.74) is -0.322. The second-order valence-electron chi connectivity index (χ2n) is 7.33. The quantitative estimate of drug-likeness (QED) is 0.702. The molecule has 154 valence electrons. The van der Waals surface area contributed by atoms with Crippen molar-refractivity contribution in [1.82, 2.24) is 10.2 Å². The Labute approximate surface area is 183 Å². The number of carbonyl (C=O) groups excluding carboxylic acids is 3. The molecule has 0 radical (unpaired) electrons. The van der Waals surface area contributed by atoms with E-state index in [-0.39, 0.29) is 16.8 Å². The van der Waals surface area contributed by atoms with E-state index in [1.165, 1.54) is 0 Å². The van der Waals surface area contributed by atoms with E-state index in [1.54, 1.807) is 49.1 Å². The molecule has 0 aliphatic carbocycles. The van der Waals surface area contributed by atoms with Gasteiger partial charge >= 0.3 is 0 Å². The Morgan fingerprint density at radius 3 is 2.34 bits per heavy atom. The average molecular weight is 454 g/mol. The summed E-state index contributed by atoms with van der Waals surface area (Å²) in [6.45, 7) is 4.67. The van der Waals surface area contributed by atoms with Crippen molar-refractivity contribution < 1.29 is 14.4 Å². The molecule has 1 aliphatic heterocycles. The van der Waals surface area contributed by atoms with Gasteiger partial charge in [0.15, 0.2) is 0 Å². The van der Waals surface area contributed by atoms with E-state index in [9.17, 15) is 14.4 Å². The maximum atomic E-state index is 12.7. The van der Waals surface area contributed by atoms with Gasteiger partial charge in [0.05, 0.1) is 19.8 Å². The summed E-state index contributed by atoms with van der Waals surface area (Å²) in [6, 6.07) is 8.01. The highest BCUT2D eigenvalue weighted by atomic mass is 35.5. The van der Waals surface area contributed by atoms with Gasteiger partial charge in [-0.3, -0.25) is 14.4 Å². The topological polar surface area (TPSA) is 78.5 Å². The van der Waals surface area contributed by atoms with Gasteiger partial charge in [0.2, 0.25) is 5.91 Å². The molecular formula is C20H21Cl2N3O3S. The van der Waals surface area contributed by atoms with Crippen molar-refractivity contribution in [2.75, 3.05) is 18.4 Å². The maximum Gasteiger partial charge on any atom is 0.262 e. The van der Waals surface area contributed by atoms with Crippen LogP contribution in [0.4, 0.5) is 5.69 Å². The lowest BCUT2D eigenvalue weighted by Gasteiger charge is -2.25. The molecule has 1 aromatic carbocycles. The van der Waals surface area contributed by atoms with Crippen LogP contribution in [0.3, 0.4) is 0 Å². The van der Waals surface area contributed by atoms with E-state index < -0.39 is 11.4 Å². The van der Waals surface area contributed by atoms with Crippen LogP contribution < -0.4 is 10.6 Å². The van der Waals surface area contributed by atoms with Gasteiger partial charge < -0.3 is 15.5 Å².